The topological polar surface area (TPSA) is 184 Å². The van der Waals surface area contributed by atoms with Crippen molar-refractivity contribution in [2.75, 3.05) is 26.2 Å². The molecule has 0 aliphatic carbocycles. The second-order valence-electron chi connectivity index (χ2n) is 12.7. The quantitative estimate of drug-likeness (QED) is 0.261. The van der Waals surface area contributed by atoms with Crippen LogP contribution < -0.4 is 27.4 Å². The van der Waals surface area contributed by atoms with Crippen molar-refractivity contribution in [2.24, 2.45) is 17.6 Å². The molecule has 4 amide bonds. The van der Waals surface area contributed by atoms with Gasteiger partial charge in [-0.25, -0.2) is 9.78 Å². The highest BCUT2D eigenvalue weighted by atomic mass is 35.5. The average Bonchev–Trinajstić information content (AvgIpc) is 3.65. The number of fused-ring (bicyclic) bond motifs is 1. The maximum absolute atomic E-state index is 13.6. The summed E-state index contributed by atoms with van der Waals surface area (Å²) in [7, 11) is 0. The van der Waals surface area contributed by atoms with Gasteiger partial charge < -0.3 is 31.6 Å². The Morgan fingerprint density at radius 2 is 1.75 bits per heavy atom. The van der Waals surface area contributed by atoms with Crippen LogP contribution in [0.1, 0.15) is 98.1 Å². The predicted molar refractivity (Wildman–Crippen MR) is 189 cm³/mol. The normalized spacial score (nSPS) is 18.8. The summed E-state index contributed by atoms with van der Waals surface area (Å²) in [5, 5.41) is 11.1. The second-order valence-corrected chi connectivity index (χ2v) is 13.6. The molecule has 15 heteroatoms. The van der Waals surface area contributed by atoms with Gasteiger partial charge >= 0.3 is 5.69 Å². The Morgan fingerprint density at radius 1 is 1.04 bits per heavy atom. The monoisotopic (exact) mass is 704 g/mol. The third-order valence-electron chi connectivity index (χ3n) is 8.50. The predicted octanol–water partition coefficient (Wildman–Crippen LogP) is 3.35. The molecule has 4 rings (SSSR count). The molecule has 0 saturated carbocycles. The van der Waals surface area contributed by atoms with E-state index in [2.05, 4.69) is 39.8 Å². The Labute approximate surface area is 291 Å². The average molecular weight is 705 g/mol. The molecule has 0 fully saturated rings. The molecule has 0 unspecified atom stereocenters. The summed E-state index contributed by atoms with van der Waals surface area (Å²) >= 11 is 1.36. The van der Waals surface area contributed by atoms with Gasteiger partial charge in [-0.05, 0) is 55.7 Å². The van der Waals surface area contributed by atoms with Crippen LogP contribution in [-0.4, -0.2) is 75.3 Å². The highest BCUT2D eigenvalue weighted by Crippen LogP contribution is 2.23. The first-order valence-electron chi connectivity index (χ1n) is 16.6. The molecular weight excluding hydrogens is 656 g/mol. The van der Waals surface area contributed by atoms with E-state index < -0.39 is 6.04 Å². The zero-order chi connectivity index (χ0) is 34.1. The summed E-state index contributed by atoms with van der Waals surface area (Å²) < 4.78 is 1.55. The maximum atomic E-state index is 13.6. The summed E-state index contributed by atoms with van der Waals surface area (Å²) in [4.78, 5) is 74.5. The fourth-order valence-corrected chi connectivity index (χ4v) is 6.48. The van der Waals surface area contributed by atoms with E-state index in [0.717, 1.165) is 6.42 Å². The largest absolute Gasteiger partial charge is 0.354 e. The molecule has 0 spiro atoms. The lowest BCUT2D eigenvalue weighted by Crippen LogP contribution is -2.50. The molecule has 48 heavy (non-hydrogen) atoms. The van der Waals surface area contributed by atoms with Crippen LogP contribution in [0.3, 0.4) is 0 Å². The van der Waals surface area contributed by atoms with Crippen molar-refractivity contribution in [1.82, 2.24) is 35.4 Å². The third-order valence-corrected chi connectivity index (χ3v) is 9.48. The molecule has 1 aliphatic heterocycles. The molecule has 1 aliphatic rings. The summed E-state index contributed by atoms with van der Waals surface area (Å²) in [6.07, 6.45) is 2.91. The van der Waals surface area contributed by atoms with E-state index in [-0.39, 0.29) is 60.1 Å². The van der Waals surface area contributed by atoms with Gasteiger partial charge in [0.25, 0.3) is 11.8 Å². The molecular formula is C33H49ClN8O5S. The number of hydrogen-bond acceptors (Lipinski definition) is 8. The van der Waals surface area contributed by atoms with Gasteiger partial charge in [-0.2, -0.15) is 0 Å². The number of aryl methyl sites for hydroxylation is 1. The second kappa shape index (κ2) is 18.1. The van der Waals surface area contributed by atoms with Gasteiger partial charge in [0.2, 0.25) is 11.8 Å². The van der Waals surface area contributed by atoms with Crippen molar-refractivity contribution < 1.29 is 19.2 Å². The highest BCUT2D eigenvalue weighted by Gasteiger charge is 2.26. The molecule has 3 heterocycles. The van der Waals surface area contributed by atoms with Crippen molar-refractivity contribution in [3.05, 3.63) is 50.3 Å². The number of benzene rings is 1. The van der Waals surface area contributed by atoms with Crippen molar-refractivity contribution in [2.45, 2.75) is 84.8 Å². The summed E-state index contributed by atoms with van der Waals surface area (Å²) in [5.41, 5.74) is 7.94. The van der Waals surface area contributed by atoms with Crippen LogP contribution in [0.2, 0.25) is 0 Å². The Balaban J connectivity index is 0.00000625. The number of thiazole rings is 1. The number of hydrogen-bond donors (Lipinski definition) is 5. The van der Waals surface area contributed by atoms with Gasteiger partial charge in [0.05, 0.1) is 17.1 Å². The number of amides is 4. The Bertz CT molecular complexity index is 1620. The minimum absolute atomic E-state index is 0. The van der Waals surface area contributed by atoms with Crippen molar-refractivity contribution in [3.8, 4) is 0 Å². The minimum Gasteiger partial charge on any atom is -0.354 e. The summed E-state index contributed by atoms with van der Waals surface area (Å²) in [6.45, 7) is 9.63. The summed E-state index contributed by atoms with van der Waals surface area (Å²) in [5.74, 6) is -0.817. The molecule has 13 nitrogen and oxygen atoms in total. The zero-order valence-corrected chi connectivity index (χ0v) is 29.8. The number of carbonyl (C=O) groups excluding carboxylic acids is 4. The number of nitrogens with one attached hydrogen (secondary N) is 4. The van der Waals surface area contributed by atoms with E-state index in [1.807, 2.05) is 13.8 Å². The molecule has 1 aromatic carbocycles. The first kappa shape index (κ1) is 38.7. The number of halogens is 1. The molecule has 264 valence electrons. The number of aromatic nitrogens is 3. The minimum atomic E-state index is -0.710. The lowest BCUT2D eigenvalue weighted by Gasteiger charge is -2.24. The number of aromatic amines is 1. The Kier molecular flexibility index (Phi) is 14.6. The Morgan fingerprint density at radius 3 is 2.48 bits per heavy atom. The van der Waals surface area contributed by atoms with Gasteiger partial charge in [0.1, 0.15) is 16.7 Å². The van der Waals surface area contributed by atoms with Gasteiger partial charge in [0, 0.05) is 50.1 Å². The highest BCUT2D eigenvalue weighted by molar-refractivity contribution is 7.09. The molecule has 0 radical (unpaired) electrons. The number of rotatable bonds is 6. The smallest absolute Gasteiger partial charge is 0.326 e. The van der Waals surface area contributed by atoms with Gasteiger partial charge in [-0.15, -0.1) is 23.7 Å². The van der Waals surface area contributed by atoms with Crippen LogP contribution in [-0.2, 0) is 16.1 Å². The zero-order valence-electron chi connectivity index (χ0n) is 28.2. The molecule has 0 saturated heterocycles. The van der Waals surface area contributed by atoms with Crippen LogP contribution in [0.25, 0.3) is 11.0 Å². The van der Waals surface area contributed by atoms with Crippen molar-refractivity contribution in [3.63, 3.8) is 0 Å². The maximum Gasteiger partial charge on any atom is 0.326 e. The molecule has 6 N–H and O–H groups in total. The standard InChI is InChI=1S/C33H48N8O5S.ClH/c1-5-21(4)28-30(44)36-13-8-16-41-26-18-22(10-11-24(26)38-33(41)46)29(43)35-12-7-15-40(14-6-9-27(42)39-28)32(45)25-19-47-31(37-25)23(34)17-20(2)3;/h10-11,18-21,23,28H,5-9,12-17,34H2,1-4H3,(H,35,43)(H,36,44)(H,38,46)(H,39,42);1H/t21-,23-,28-;/m0./s1. The van der Waals surface area contributed by atoms with E-state index in [1.54, 1.807) is 33.0 Å². The van der Waals surface area contributed by atoms with E-state index in [4.69, 9.17) is 5.73 Å². The number of H-pyrrole nitrogens is 1. The SMILES string of the molecule is CC[C@H](C)[C@@H]1NC(=O)CCCN(C(=O)c2csc([C@@H](N)CC(C)C)n2)CCCNC(=O)c2ccc3[nH]c(=O)n(c3c2)CCCNC1=O.Cl. The summed E-state index contributed by atoms with van der Waals surface area (Å²) in [6, 6.07) is 4.08. The number of nitrogens with two attached hydrogens (primary N) is 1. The van der Waals surface area contributed by atoms with Gasteiger partial charge in [0.15, 0.2) is 0 Å². The van der Waals surface area contributed by atoms with Crippen LogP contribution >= 0.6 is 23.7 Å². The Hall–Kier alpha value is -3.75. The lowest BCUT2D eigenvalue weighted by atomic mass is 9.98. The van der Waals surface area contributed by atoms with E-state index in [9.17, 15) is 24.0 Å². The van der Waals surface area contributed by atoms with Crippen molar-refractivity contribution in [1.29, 1.82) is 0 Å². The van der Waals surface area contributed by atoms with E-state index in [0.29, 0.717) is 91.6 Å². The van der Waals surface area contributed by atoms with Crippen LogP contribution in [0.4, 0.5) is 0 Å². The van der Waals surface area contributed by atoms with Crippen LogP contribution in [0, 0.1) is 11.8 Å². The van der Waals surface area contributed by atoms with Gasteiger partial charge in [-0.1, -0.05) is 34.1 Å². The number of nitrogens with zero attached hydrogens (tertiary/aromatic N) is 3. The fraction of sp³-hybridized carbons (Fsp3) is 0.576. The molecule has 2 bridgehead atoms. The first-order valence-corrected chi connectivity index (χ1v) is 17.4. The van der Waals surface area contributed by atoms with Crippen LogP contribution in [0.5, 0.6) is 0 Å². The van der Waals surface area contributed by atoms with Crippen LogP contribution in [0.15, 0.2) is 28.4 Å². The number of imidazole rings is 1. The lowest BCUT2D eigenvalue weighted by molar-refractivity contribution is -0.130. The first-order chi connectivity index (χ1) is 22.5. The van der Waals surface area contributed by atoms with Gasteiger partial charge in [-0.3, -0.25) is 23.7 Å². The fourth-order valence-electron chi connectivity index (χ4n) is 5.67. The van der Waals surface area contributed by atoms with E-state index >= 15 is 0 Å². The third kappa shape index (κ3) is 10.1. The molecule has 2 aromatic heterocycles. The number of carbonyl (C=O) groups is 4. The van der Waals surface area contributed by atoms with E-state index in [1.165, 1.54) is 11.3 Å². The molecule has 3 aromatic rings. The molecule has 3 atom stereocenters. The van der Waals surface area contributed by atoms with Crippen molar-refractivity contribution >= 4 is 58.4 Å².